The first-order valence-electron chi connectivity index (χ1n) is 6.78. The molecule has 1 aliphatic carbocycles. The molecule has 2 fully saturated rings. The number of fused-ring (bicyclic) bond motifs is 2. The van der Waals surface area contributed by atoms with E-state index in [0.29, 0.717) is 5.57 Å². The van der Waals surface area contributed by atoms with E-state index >= 15 is 0 Å². The number of rotatable bonds is 3. The van der Waals surface area contributed by atoms with Gasteiger partial charge in [-0.2, -0.15) is 0 Å². The van der Waals surface area contributed by atoms with Crippen LogP contribution in [0.2, 0.25) is 0 Å². The molecule has 2 rings (SSSR count). The SMILES string of the molecule is CC(/C=C/[C@]1(O)[C@@]2(C)C[C@H](O)C[C@@]1(C)C(=O)O2)=C\C(=O)O. The van der Waals surface area contributed by atoms with Gasteiger partial charge in [0.1, 0.15) is 16.6 Å². The molecule has 6 heteroatoms. The van der Waals surface area contributed by atoms with Crippen LogP contribution in [0.3, 0.4) is 0 Å². The zero-order valence-electron chi connectivity index (χ0n) is 12.3. The van der Waals surface area contributed by atoms with Crippen molar-refractivity contribution in [3.8, 4) is 0 Å². The van der Waals surface area contributed by atoms with E-state index in [1.807, 2.05) is 0 Å². The number of carboxylic acid groups (broad SMARTS) is 1. The number of hydrogen-bond donors (Lipinski definition) is 3. The molecule has 3 N–H and O–H groups in total. The molecular formula is C15H20O6. The second-order valence-corrected chi connectivity index (χ2v) is 6.34. The van der Waals surface area contributed by atoms with Gasteiger partial charge in [-0.1, -0.05) is 6.08 Å². The van der Waals surface area contributed by atoms with Crippen LogP contribution in [-0.4, -0.2) is 44.6 Å². The minimum atomic E-state index is -1.59. The molecule has 0 aromatic carbocycles. The van der Waals surface area contributed by atoms with E-state index in [0.717, 1.165) is 6.08 Å². The van der Waals surface area contributed by atoms with Crippen LogP contribution in [0.25, 0.3) is 0 Å². The minimum absolute atomic E-state index is 0.101. The van der Waals surface area contributed by atoms with Crippen LogP contribution in [0.5, 0.6) is 0 Å². The number of aliphatic hydroxyl groups excluding tert-OH is 1. The maximum Gasteiger partial charge on any atom is 0.328 e. The van der Waals surface area contributed by atoms with Crippen molar-refractivity contribution >= 4 is 11.9 Å². The van der Waals surface area contributed by atoms with E-state index in [1.165, 1.54) is 12.2 Å². The molecule has 1 saturated heterocycles. The summed E-state index contributed by atoms with van der Waals surface area (Å²) < 4.78 is 5.34. The Bertz CT molecular complexity index is 550. The number of carbonyl (C=O) groups excluding carboxylic acids is 1. The molecule has 0 unspecified atom stereocenters. The van der Waals surface area contributed by atoms with E-state index in [9.17, 15) is 19.8 Å². The quantitative estimate of drug-likeness (QED) is 0.404. The topological polar surface area (TPSA) is 104 Å². The van der Waals surface area contributed by atoms with Crippen LogP contribution >= 0.6 is 0 Å². The zero-order valence-corrected chi connectivity index (χ0v) is 12.3. The van der Waals surface area contributed by atoms with Crippen molar-refractivity contribution in [1.82, 2.24) is 0 Å². The fourth-order valence-electron chi connectivity index (χ4n) is 3.42. The van der Waals surface area contributed by atoms with Crippen molar-refractivity contribution in [1.29, 1.82) is 0 Å². The molecule has 1 saturated carbocycles. The standard InChI is InChI=1S/C15H20O6/c1-9(6-11(17)18)4-5-15(20)13(2)7-10(16)8-14(15,3)21-12(13)19/h4-6,10,16,20H,7-8H2,1-3H3,(H,17,18)/b5-4+,9-6+/t10-,13+,14-,15-/m1/s1. The maximum atomic E-state index is 12.1. The molecule has 2 aliphatic rings. The van der Waals surface area contributed by atoms with E-state index in [-0.39, 0.29) is 12.8 Å². The first-order valence-corrected chi connectivity index (χ1v) is 6.78. The lowest BCUT2D eigenvalue weighted by Gasteiger charge is -2.47. The zero-order chi connectivity index (χ0) is 16.1. The highest BCUT2D eigenvalue weighted by Crippen LogP contribution is 2.58. The molecule has 116 valence electrons. The van der Waals surface area contributed by atoms with Crippen LogP contribution in [0, 0.1) is 5.41 Å². The average Bonchev–Trinajstić information content (AvgIpc) is 2.41. The summed E-state index contributed by atoms with van der Waals surface area (Å²) in [5.41, 5.74) is -3.64. The van der Waals surface area contributed by atoms with E-state index in [4.69, 9.17) is 9.84 Å². The van der Waals surface area contributed by atoms with Gasteiger partial charge in [-0.3, -0.25) is 4.79 Å². The first-order chi connectivity index (χ1) is 9.54. The molecule has 0 aromatic rings. The summed E-state index contributed by atoms with van der Waals surface area (Å²) in [6.45, 7) is 4.73. The smallest absolute Gasteiger partial charge is 0.328 e. The summed E-state index contributed by atoms with van der Waals surface area (Å²) in [7, 11) is 0. The van der Waals surface area contributed by atoms with E-state index in [1.54, 1.807) is 20.8 Å². The van der Waals surface area contributed by atoms with Crippen molar-refractivity contribution in [2.24, 2.45) is 5.41 Å². The van der Waals surface area contributed by atoms with Gasteiger partial charge in [-0.05, 0) is 38.8 Å². The molecule has 2 bridgehead atoms. The van der Waals surface area contributed by atoms with Gasteiger partial charge in [0.05, 0.1) is 6.10 Å². The van der Waals surface area contributed by atoms with Gasteiger partial charge in [-0.15, -0.1) is 0 Å². The summed E-state index contributed by atoms with van der Waals surface area (Å²) in [5, 5.41) is 29.6. The average molecular weight is 296 g/mol. The lowest BCUT2D eigenvalue weighted by atomic mass is 9.59. The van der Waals surface area contributed by atoms with Crippen molar-refractivity contribution < 1.29 is 29.6 Å². The van der Waals surface area contributed by atoms with Crippen LogP contribution in [0.1, 0.15) is 33.6 Å². The predicted molar refractivity (Wildman–Crippen MR) is 73.3 cm³/mol. The van der Waals surface area contributed by atoms with Gasteiger partial charge in [0.25, 0.3) is 0 Å². The Hall–Kier alpha value is -1.66. The van der Waals surface area contributed by atoms with Gasteiger partial charge in [0, 0.05) is 12.5 Å². The Morgan fingerprint density at radius 1 is 1.38 bits per heavy atom. The molecule has 4 atom stereocenters. The van der Waals surface area contributed by atoms with Crippen LogP contribution in [0.15, 0.2) is 23.8 Å². The third-order valence-electron chi connectivity index (χ3n) is 4.62. The Labute approximate surface area is 122 Å². The molecule has 1 heterocycles. The number of ether oxygens (including phenoxy) is 1. The third-order valence-corrected chi connectivity index (χ3v) is 4.62. The number of aliphatic hydroxyl groups is 2. The van der Waals surface area contributed by atoms with Gasteiger partial charge in [-0.25, -0.2) is 4.79 Å². The number of aliphatic carboxylic acids is 1. The number of esters is 1. The largest absolute Gasteiger partial charge is 0.478 e. The maximum absolute atomic E-state index is 12.1. The normalized spacial score (nSPS) is 43.2. The van der Waals surface area contributed by atoms with Gasteiger partial charge in [0.2, 0.25) is 0 Å². The molecule has 1 aliphatic heterocycles. The second kappa shape index (κ2) is 4.68. The monoisotopic (exact) mass is 296 g/mol. The minimum Gasteiger partial charge on any atom is -0.478 e. The molecule has 0 amide bonds. The highest BCUT2D eigenvalue weighted by Gasteiger charge is 2.72. The lowest BCUT2D eigenvalue weighted by Crippen LogP contribution is -2.61. The fourth-order valence-corrected chi connectivity index (χ4v) is 3.42. The Balaban J connectivity index is 2.43. The second-order valence-electron chi connectivity index (χ2n) is 6.34. The Kier molecular flexibility index (Phi) is 3.50. The molecule has 21 heavy (non-hydrogen) atoms. The number of allylic oxidation sites excluding steroid dienone is 2. The van der Waals surface area contributed by atoms with Crippen molar-refractivity contribution in [3.63, 3.8) is 0 Å². The molecular weight excluding hydrogens is 276 g/mol. The highest BCUT2D eigenvalue weighted by atomic mass is 16.6. The van der Waals surface area contributed by atoms with Gasteiger partial charge in [0.15, 0.2) is 0 Å². The summed E-state index contributed by atoms with van der Waals surface area (Å²) in [4.78, 5) is 22.7. The third kappa shape index (κ3) is 2.18. The van der Waals surface area contributed by atoms with Crippen molar-refractivity contribution in [2.45, 2.75) is 50.9 Å². The van der Waals surface area contributed by atoms with E-state index in [2.05, 4.69) is 0 Å². The van der Waals surface area contributed by atoms with Crippen LogP contribution in [0.4, 0.5) is 0 Å². The van der Waals surface area contributed by atoms with Crippen LogP contribution in [-0.2, 0) is 14.3 Å². The first kappa shape index (κ1) is 15.7. The van der Waals surface area contributed by atoms with Gasteiger partial charge >= 0.3 is 11.9 Å². The lowest BCUT2D eigenvalue weighted by molar-refractivity contribution is -0.156. The summed E-state index contributed by atoms with van der Waals surface area (Å²) in [6, 6.07) is 0. The molecule has 0 spiro atoms. The number of hydrogen-bond acceptors (Lipinski definition) is 5. The summed E-state index contributed by atoms with van der Waals surface area (Å²) in [6.07, 6.45) is 3.40. The Morgan fingerprint density at radius 3 is 2.52 bits per heavy atom. The summed E-state index contributed by atoms with van der Waals surface area (Å²) in [5.74, 6) is -1.63. The fraction of sp³-hybridized carbons (Fsp3) is 0.600. The highest BCUT2D eigenvalue weighted by molar-refractivity contribution is 5.84. The van der Waals surface area contributed by atoms with Crippen LogP contribution < -0.4 is 0 Å². The van der Waals surface area contributed by atoms with Gasteiger partial charge < -0.3 is 20.1 Å². The van der Waals surface area contributed by atoms with Crippen molar-refractivity contribution in [3.05, 3.63) is 23.8 Å². The Morgan fingerprint density at radius 2 is 2.00 bits per heavy atom. The van der Waals surface area contributed by atoms with Crippen molar-refractivity contribution in [2.75, 3.05) is 0 Å². The summed E-state index contributed by atoms with van der Waals surface area (Å²) >= 11 is 0. The number of carboxylic acids is 1. The molecule has 6 nitrogen and oxygen atoms in total. The number of carbonyl (C=O) groups is 2. The van der Waals surface area contributed by atoms with E-state index < -0.39 is 34.7 Å². The predicted octanol–water partition coefficient (Wildman–Crippen LogP) is 0.781. The molecule has 0 aromatic heterocycles. The molecule has 0 radical (unpaired) electrons.